The zero-order valence-electron chi connectivity index (χ0n) is 11.8. The third-order valence-corrected chi connectivity index (χ3v) is 5.32. The predicted octanol–water partition coefficient (Wildman–Crippen LogP) is 3.48. The van der Waals surface area contributed by atoms with E-state index >= 15 is 0 Å². The van der Waals surface area contributed by atoms with Gasteiger partial charge in [0.1, 0.15) is 0 Å². The van der Waals surface area contributed by atoms with Crippen LogP contribution in [0.3, 0.4) is 0 Å². The quantitative estimate of drug-likeness (QED) is 0.603. The average molecular weight is 359 g/mol. The number of rotatable bonds is 6. The van der Waals surface area contributed by atoms with Crippen molar-refractivity contribution in [3.8, 4) is 0 Å². The van der Waals surface area contributed by atoms with E-state index in [-0.39, 0.29) is 5.91 Å². The molecule has 1 aliphatic carbocycles. The Morgan fingerprint density at radius 1 is 1.20 bits per heavy atom. The van der Waals surface area contributed by atoms with Crippen LogP contribution in [-0.4, -0.2) is 25.0 Å². The van der Waals surface area contributed by atoms with Crippen LogP contribution in [0.5, 0.6) is 0 Å². The molecule has 1 amide bonds. The number of carbonyl (C=O) groups is 1. The Labute approximate surface area is 133 Å². The molecular formula is C15H23BrN2OS. The van der Waals surface area contributed by atoms with Gasteiger partial charge in [0.15, 0.2) is 0 Å². The maximum Gasteiger partial charge on any atom is 0.225 e. The molecule has 1 saturated carbocycles. The summed E-state index contributed by atoms with van der Waals surface area (Å²) in [7, 11) is 0. The lowest BCUT2D eigenvalue weighted by molar-refractivity contribution is -0.120. The molecule has 1 heterocycles. The van der Waals surface area contributed by atoms with Gasteiger partial charge in [0, 0.05) is 24.0 Å². The van der Waals surface area contributed by atoms with Crippen molar-refractivity contribution < 1.29 is 4.79 Å². The fourth-order valence-electron chi connectivity index (χ4n) is 2.63. The molecule has 1 aromatic heterocycles. The van der Waals surface area contributed by atoms with Gasteiger partial charge >= 0.3 is 0 Å². The fraction of sp³-hybridized carbons (Fsp3) is 0.667. The van der Waals surface area contributed by atoms with Crippen molar-refractivity contribution in [3.05, 3.63) is 20.8 Å². The maximum atomic E-state index is 11.8. The standard InChI is InChI=1S/C15H23BrN2OS/c16-14-8-7-13(20-14)11-15(19)18-10-9-17-12-5-3-1-2-4-6-12/h7-8,12,17H,1-6,9-11H2,(H,18,19). The van der Waals surface area contributed by atoms with Crippen LogP contribution < -0.4 is 10.6 Å². The lowest BCUT2D eigenvalue weighted by Gasteiger charge is -2.16. The maximum absolute atomic E-state index is 11.8. The van der Waals surface area contributed by atoms with Crippen LogP contribution in [0.2, 0.25) is 0 Å². The molecule has 1 aliphatic rings. The minimum absolute atomic E-state index is 0.113. The molecule has 0 atom stereocenters. The van der Waals surface area contributed by atoms with Crippen LogP contribution in [0.15, 0.2) is 15.9 Å². The van der Waals surface area contributed by atoms with Crippen molar-refractivity contribution >= 4 is 33.2 Å². The molecule has 2 rings (SSSR count). The highest BCUT2D eigenvalue weighted by molar-refractivity contribution is 9.11. The van der Waals surface area contributed by atoms with Crippen LogP contribution >= 0.6 is 27.3 Å². The Morgan fingerprint density at radius 3 is 2.60 bits per heavy atom. The van der Waals surface area contributed by atoms with Crippen LogP contribution in [-0.2, 0) is 11.2 Å². The topological polar surface area (TPSA) is 41.1 Å². The highest BCUT2D eigenvalue weighted by Crippen LogP contribution is 2.22. The van der Waals surface area contributed by atoms with E-state index in [1.54, 1.807) is 11.3 Å². The Bertz CT molecular complexity index is 414. The minimum Gasteiger partial charge on any atom is -0.355 e. The Hall–Kier alpha value is -0.390. The molecule has 1 fully saturated rings. The number of amides is 1. The summed E-state index contributed by atoms with van der Waals surface area (Å²) in [4.78, 5) is 12.9. The minimum atomic E-state index is 0.113. The van der Waals surface area contributed by atoms with Crippen molar-refractivity contribution in [3.63, 3.8) is 0 Å². The third kappa shape index (κ3) is 5.94. The highest BCUT2D eigenvalue weighted by atomic mass is 79.9. The second-order valence-corrected chi connectivity index (χ2v) is 7.92. The van der Waals surface area contributed by atoms with Gasteiger partial charge in [-0.1, -0.05) is 25.7 Å². The summed E-state index contributed by atoms with van der Waals surface area (Å²) in [6.07, 6.45) is 8.51. The molecule has 2 N–H and O–H groups in total. The van der Waals surface area contributed by atoms with E-state index in [1.165, 1.54) is 38.5 Å². The molecule has 1 aromatic rings. The molecule has 0 aliphatic heterocycles. The van der Waals surface area contributed by atoms with Gasteiger partial charge < -0.3 is 10.6 Å². The predicted molar refractivity (Wildman–Crippen MR) is 88.2 cm³/mol. The van der Waals surface area contributed by atoms with Gasteiger partial charge in [-0.15, -0.1) is 11.3 Å². The summed E-state index contributed by atoms with van der Waals surface area (Å²) in [6, 6.07) is 4.64. The molecular weight excluding hydrogens is 336 g/mol. The molecule has 0 unspecified atom stereocenters. The van der Waals surface area contributed by atoms with E-state index in [0.717, 1.165) is 21.8 Å². The van der Waals surface area contributed by atoms with Gasteiger partial charge in [0.2, 0.25) is 5.91 Å². The van der Waals surface area contributed by atoms with Crippen LogP contribution in [0.4, 0.5) is 0 Å². The number of hydrogen-bond acceptors (Lipinski definition) is 3. The number of nitrogens with one attached hydrogen (secondary N) is 2. The molecule has 3 nitrogen and oxygen atoms in total. The smallest absolute Gasteiger partial charge is 0.225 e. The van der Waals surface area contributed by atoms with Gasteiger partial charge in [-0.3, -0.25) is 4.79 Å². The normalized spacial score (nSPS) is 16.9. The summed E-state index contributed by atoms with van der Waals surface area (Å²) in [6.45, 7) is 1.60. The van der Waals surface area contributed by atoms with Crippen molar-refractivity contribution in [1.82, 2.24) is 10.6 Å². The lowest BCUT2D eigenvalue weighted by atomic mass is 10.1. The summed E-state index contributed by atoms with van der Waals surface area (Å²) in [5.41, 5.74) is 0. The van der Waals surface area contributed by atoms with E-state index < -0.39 is 0 Å². The van der Waals surface area contributed by atoms with Gasteiger partial charge in [-0.25, -0.2) is 0 Å². The van der Waals surface area contributed by atoms with E-state index in [2.05, 4.69) is 26.6 Å². The zero-order valence-corrected chi connectivity index (χ0v) is 14.2. The average Bonchev–Trinajstić information content (AvgIpc) is 2.67. The summed E-state index contributed by atoms with van der Waals surface area (Å²) >= 11 is 5.03. The van der Waals surface area contributed by atoms with Crippen LogP contribution in [0, 0.1) is 0 Å². The molecule has 20 heavy (non-hydrogen) atoms. The summed E-state index contributed by atoms with van der Waals surface area (Å²) in [5.74, 6) is 0.113. The van der Waals surface area contributed by atoms with Crippen LogP contribution in [0.1, 0.15) is 43.4 Å². The highest BCUT2D eigenvalue weighted by Gasteiger charge is 2.11. The van der Waals surface area contributed by atoms with E-state index in [0.29, 0.717) is 12.5 Å². The fourth-order valence-corrected chi connectivity index (χ4v) is 4.11. The van der Waals surface area contributed by atoms with E-state index in [9.17, 15) is 4.79 Å². The Kier molecular flexibility index (Phi) is 7.03. The number of carbonyl (C=O) groups excluding carboxylic acids is 1. The first-order valence-electron chi connectivity index (χ1n) is 7.48. The van der Waals surface area contributed by atoms with E-state index in [1.807, 2.05) is 12.1 Å². The molecule has 0 radical (unpaired) electrons. The Morgan fingerprint density at radius 2 is 1.95 bits per heavy atom. The SMILES string of the molecule is O=C(Cc1ccc(Br)s1)NCCNC1CCCCCC1. The number of hydrogen-bond donors (Lipinski definition) is 2. The molecule has 0 aromatic carbocycles. The monoisotopic (exact) mass is 358 g/mol. The van der Waals surface area contributed by atoms with Gasteiger partial charge in [0.25, 0.3) is 0 Å². The second-order valence-electron chi connectivity index (χ2n) is 5.38. The molecule has 112 valence electrons. The number of thiophene rings is 1. The summed E-state index contributed by atoms with van der Waals surface area (Å²) < 4.78 is 1.08. The van der Waals surface area contributed by atoms with E-state index in [4.69, 9.17) is 0 Å². The molecule has 5 heteroatoms. The van der Waals surface area contributed by atoms with Crippen molar-refractivity contribution in [1.29, 1.82) is 0 Å². The molecule has 0 saturated heterocycles. The molecule has 0 bridgehead atoms. The first kappa shape index (κ1) is 16.0. The third-order valence-electron chi connectivity index (χ3n) is 3.70. The van der Waals surface area contributed by atoms with Crippen molar-refractivity contribution in [2.75, 3.05) is 13.1 Å². The summed E-state index contributed by atoms with van der Waals surface area (Å²) in [5, 5.41) is 6.55. The van der Waals surface area contributed by atoms with Gasteiger partial charge in [-0.05, 0) is 40.9 Å². The second kappa shape index (κ2) is 8.80. The van der Waals surface area contributed by atoms with Gasteiger partial charge in [-0.2, -0.15) is 0 Å². The first-order chi connectivity index (χ1) is 9.74. The zero-order chi connectivity index (χ0) is 14.2. The van der Waals surface area contributed by atoms with Crippen molar-refractivity contribution in [2.24, 2.45) is 0 Å². The van der Waals surface area contributed by atoms with Crippen molar-refractivity contribution in [2.45, 2.75) is 51.0 Å². The van der Waals surface area contributed by atoms with Gasteiger partial charge in [0.05, 0.1) is 10.2 Å². The first-order valence-corrected chi connectivity index (χ1v) is 9.09. The number of halogens is 1. The Balaban J connectivity index is 1.57. The largest absolute Gasteiger partial charge is 0.355 e. The lowest BCUT2D eigenvalue weighted by Crippen LogP contribution is -2.37. The van der Waals surface area contributed by atoms with Crippen LogP contribution in [0.25, 0.3) is 0 Å². The molecule has 0 spiro atoms.